The van der Waals surface area contributed by atoms with E-state index in [2.05, 4.69) is 20.5 Å². The molecule has 2 aromatic heterocycles. The molecule has 8 nitrogen and oxygen atoms in total. The summed E-state index contributed by atoms with van der Waals surface area (Å²) < 4.78 is 13.9. The summed E-state index contributed by atoms with van der Waals surface area (Å²) in [7, 11) is 0. The summed E-state index contributed by atoms with van der Waals surface area (Å²) in [6, 6.07) is 11.5. The Labute approximate surface area is 198 Å². The van der Waals surface area contributed by atoms with Crippen LogP contribution in [0.4, 0.5) is 0 Å². The lowest BCUT2D eigenvalue weighted by Crippen LogP contribution is -2.25. The van der Waals surface area contributed by atoms with E-state index in [0.717, 1.165) is 29.7 Å². The van der Waals surface area contributed by atoms with Crippen molar-refractivity contribution in [3.8, 4) is 23.0 Å². The summed E-state index contributed by atoms with van der Waals surface area (Å²) in [5.41, 5.74) is 1.78. The van der Waals surface area contributed by atoms with Crippen molar-refractivity contribution in [1.82, 2.24) is 25.1 Å². The van der Waals surface area contributed by atoms with Gasteiger partial charge in [0, 0.05) is 36.8 Å². The Morgan fingerprint density at radius 1 is 1.24 bits per heavy atom. The van der Waals surface area contributed by atoms with Gasteiger partial charge in [-0.3, -0.25) is 14.5 Å². The molecule has 1 saturated carbocycles. The van der Waals surface area contributed by atoms with Crippen molar-refractivity contribution in [2.75, 3.05) is 6.61 Å². The molecule has 0 atom stereocenters. The number of amides is 1. The van der Waals surface area contributed by atoms with Crippen molar-refractivity contribution in [1.29, 1.82) is 0 Å². The van der Waals surface area contributed by atoms with Crippen LogP contribution in [0.25, 0.3) is 11.4 Å². The zero-order valence-electron chi connectivity index (χ0n) is 18.8. The number of hydrogen-bond acceptors (Lipinski definition) is 6. The molecule has 0 spiro atoms. The van der Waals surface area contributed by atoms with Crippen LogP contribution >= 0.6 is 12.2 Å². The Morgan fingerprint density at radius 3 is 2.79 bits per heavy atom. The number of ether oxygens (including phenoxy) is 2. The minimum absolute atomic E-state index is 0.0774. The first kappa shape index (κ1) is 23.0. The minimum Gasteiger partial charge on any atom is -0.494 e. The molecule has 0 aliphatic heterocycles. The lowest BCUT2D eigenvalue weighted by molar-refractivity contribution is -0.121. The van der Waals surface area contributed by atoms with Gasteiger partial charge in [0.15, 0.2) is 10.6 Å². The number of benzene rings is 1. The second kappa shape index (κ2) is 11.1. The number of aromatic nitrogens is 4. The van der Waals surface area contributed by atoms with Gasteiger partial charge in [-0.2, -0.15) is 5.10 Å². The monoisotopic (exact) mass is 467 g/mol. The highest BCUT2D eigenvalue weighted by Crippen LogP contribution is 2.25. The third kappa shape index (κ3) is 5.98. The zero-order chi connectivity index (χ0) is 23.0. The van der Waals surface area contributed by atoms with Gasteiger partial charge in [0.1, 0.15) is 11.9 Å². The molecule has 1 fully saturated rings. The maximum atomic E-state index is 12.6. The molecular weight excluding hydrogens is 438 g/mol. The SMILES string of the molecule is CCOc1ccc(-c2n[nH]c(=S)n2CCC(=O)NCc2cccnc2OC2CCCC2)cc1. The lowest BCUT2D eigenvalue weighted by atomic mass is 10.2. The van der Waals surface area contributed by atoms with Crippen LogP contribution < -0.4 is 14.8 Å². The van der Waals surface area contributed by atoms with Crippen molar-refractivity contribution in [3.05, 3.63) is 52.9 Å². The fourth-order valence-corrected chi connectivity index (χ4v) is 4.16. The summed E-state index contributed by atoms with van der Waals surface area (Å²) in [5.74, 6) is 2.02. The maximum absolute atomic E-state index is 12.6. The second-order valence-corrected chi connectivity index (χ2v) is 8.37. The Hall–Kier alpha value is -3.20. The highest BCUT2D eigenvalue weighted by Gasteiger charge is 2.19. The lowest BCUT2D eigenvalue weighted by Gasteiger charge is -2.15. The molecule has 1 aliphatic carbocycles. The second-order valence-electron chi connectivity index (χ2n) is 7.98. The summed E-state index contributed by atoms with van der Waals surface area (Å²) >= 11 is 5.38. The average Bonchev–Trinajstić information content (AvgIpc) is 3.47. The van der Waals surface area contributed by atoms with E-state index in [0.29, 0.717) is 36.2 Å². The topological polar surface area (TPSA) is 94.1 Å². The van der Waals surface area contributed by atoms with Crippen LogP contribution in [-0.4, -0.2) is 38.4 Å². The van der Waals surface area contributed by atoms with E-state index < -0.39 is 0 Å². The molecule has 0 bridgehead atoms. The molecule has 0 radical (unpaired) electrons. The normalized spacial score (nSPS) is 13.7. The quantitative estimate of drug-likeness (QED) is 0.429. The Morgan fingerprint density at radius 2 is 2.03 bits per heavy atom. The van der Waals surface area contributed by atoms with E-state index in [9.17, 15) is 4.79 Å². The van der Waals surface area contributed by atoms with Gasteiger partial charge in [0.25, 0.3) is 0 Å². The van der Waals surface area contributed by atoms with Gasteiger partial charge >= 0.3 is 0 Å². The van der Waals surface area contributed by atoms with Gasteiger partial charge < -0.3 is 14.8 Å². The summed E-state index contributed by atoms with van der Waals surface area (Å²) in [6.45, 7) is 3.35. The fourth-order valence-electron chi connectivity index (χ4n) is 3.94. The molecule has 2 heterocycles. The van der Waals surface area contributed by atoms with E-state index in [1.165, 1.54) is 12.8 Å². The highest BCUT2D eigenvalue weighted by molar-refractivity contribution is 7.71. The number of pyridine rings is 1. The van der Waals surface area contributed by atoms with Crippen LogP contribution in [0, 0.1) is 4.77 Å². The van der Waals surface area contributed by atoms with Gasteiger partial charge in [-0.05, 0) is 75.2 Å². The average molecular weight is 468 g/mol. The standard InChI is InChI=1S/C24H29N5O3S/c1-2-31-19-11-9-17(10-12-19)22-27-28-24(33)29(22)15-13-21(30)26-16-18-6-5-14-25-23(18)32-20-7-3-4-8-20/h5-6,9-12,14,20H,2-4,7-8,13,15-16H2,1H3,(H,26,30)(H,28,33). The Balaban J connectivity index is 1.35. The van der Waals surface area contributed by atoms with E-state index in [-0.39, 0.29) is 18.4 Å². The Kier molecular flexibility index (Phi) is 7.72. The third-order valence-electron chi connectivity index (χ3n) is 5.65. The van der Waals surface area contributed by atoms with Crippen molar-refractivity contribution in [2.45, 2.75) is 58.2 Å². The zero-order valence-corrected chi connectivity index (χ0v) is 19.6. The number of nitrogens with zero attached hydrogens (tertiary/aromatic N) is 3. The predicted molar refractivity (Wildman–Crippen MR) is 128 cm³/mol. The number of nitrogens with one attached hydrogen (secondary N) is 2. The molecule has 174 valence electrons. The van der Waals surface area contributed by atoms with Crippen molar-refractivity contribution >= 4 is 18.1 Å². The van der Waals surface area contributed by atoms with Crippen molar-refractivity contribution in [2.24, 2.45) is 0 Å². The molecular formula is C24H29N5O3S. The minimum atomic E-state index is -0.0774. The molecule has 1 amide bonds. The number of hydrogen-bond donors (Lipinski definition) is 2. The van der Waals surface area contributed by atoms with E-state index in [1.807, 2.05) is 47.9 Å². The number of H-pyrrole nitrogens is 1. The van der Waals surface area contributed by atoms with Crippen LogP contribution in [0.3, 0.4) is 0 Å². The number of aromatic amines is 1. The van der Waals surface area contributed by atoms with Crippen LogP contribution in [0.1, 0.15) is 44.6 Å². The third-order valence-corrected chi connectivity index (χ3v) is 5.96. The van der Waals surface area contributed by atoms with Crippen molar-refractivity contribution in [3.63, 3.8) is 0 Å². The maximum Gasteiger partial charge on any atom is 0.222 e. The van der Waals surface area contributed by atoms with Gasteiger partial charge in [-0.1, -0.05) is 6.07 Å². The molecule has 1 aromatic carbocycles. The summed E-state index contributed by atoms with van der Waals surface area (Å²) in [6.07, 6.45) is 6.72. The van der Waals surface area contributed by atoms with Crippen LogP contribution in [0.15, 0.2) is 42.6 Å². The first-order valence-corrected chi connectivity index (χ1v) is 11.8. The van der Waals surface area contributed by atoms with Crippen LogP contribution in [0.2, 0.25) is 0 Å². The molecule has 0 saturated heterocycles. The first-order chi connectivity index (χ1) is 16.1. The van der Waals surface area contributed by atoms with E-state index in [4.69, 9.17) is 21.7 Å². The molecule has 2 N–H and O–H groups in total. The first-order valence-electron chi connectivity index (χ1n) is 11.4. The fraction of sp³-hybridized carbons (Fsp3) is 0.417. The summed E-state index contributed by atoms with van der Waals surface area (Å²) in [5, 5.41) is 10.1. The van der Waals surface area contributed by atoms with E-state index >= 15 is 0 Å². The predicted octanol–water partition coefficient (Wildman–Crippen LogP) is 4.43. The van der Waals surface area contributed by atoms with Crippen LogP contribution in [0.5, 0.6) is 11.6 Å². The van der Waals surface area contributed by atoms with Gasteiger partial charge in [-0.25, -0.2) is 4.98 Å². The number of carbonyl (C=O) groups excluding carboxylic acids is 1. The number of rotatable bonds is 10. The molecule has 33 heavy (non-hydrogen) atoms. The van der Waals surface area contributed by atoms with Crippen LogP contribution in [-0.2, 0) is 17.9 Å². The van der Waals surface area contributed by atoms with Crippen molar-refractivity contribution < 1.29 is 14.3 Å². The molecule has 0 unspecified atom stereocenters. The largest absolute Gasteiger partial charge is 0.494 e. The molecule has 4 rings (SSSR count). The van der Waals surface area contributed by atoms with E-state index in [1.54, 1.807) is 6.20 Å². The smallest absolute Gasteiger partial charge is 0.222 e. The van der Waals surface area contributed by atoms with Gasteiger partial charge in [0.05, 0.1) is 6.61 Å². The van der Waals surface area contributed by atoms with Gasteiger partial charge in [0.2, 0.25) is 11.8 Å². The van der Waals surface area contributed by atoms with Gasteiger partial charge in [-0.15, -0.1) is 0 Å². The Bertz CT molecular complexity index is 1120. The molecule has 3 aromatic rings. The number of carbonyl (C=O) groups is 1. The molecule has 1 aliphatic rings. The highest BCUT2D eigenvalue weighted by atomic mass is 32.1. The summed E-state index contributed by atoms with van der Waals surface area (Å²) in [4.78, 5) is 16.9. The molecule has 9 heteroatoms.